The third-order valence-corrected chi connectivity index (χ3v) is 16.3. The number of rotatable bonds is 8. The molecule has 15 rings (SSSR count). The standard InChI is InChI=1S/C73H49BN2/c1-6-24-50(25-7-1)54-42-55(51-26-8-2-9-27-51)45-60(44-54)75-68-40-22-20-38-66(68)74-67-39-21-23-41-69(67)76(61-46-56(52-28-10-3-11-29-52)43-57(47-61)53-30-12-4-13-31-53)71-49-59(48-70(75)72(71)74)73(58-32-14-5-15-33-58)64-36-18-16-34-62(64)63-35-17-19-37-65(63)73/h1-49H. The highest BCUT2D eigenvalue weighted by Crippen LogP contribution is 2.58. The summed E-state index contributed by atoms with van der Waals surface area (Å²) in [6.45, 7) is -0.0634. The first-order valence-electron chi connectivity index (χ1n) is 26.4. The van der Waals surface area contributed by atoms with Crippen LogP contribution in [0.15, 0.2) is 297 Å². The van der Waals surface area contributed by atoms with Gasteiger partial charge in [0.1, 0.15) is 0 Å². The number of anilines is 6. The molecule has 0 spiro atoms. The van der Waals surface area contributed by atoms with E-state index >= 15 is 0 Å². The van der Waals surface area contributed by atoms with Crippen LogP contribution in [0.2, 0.25) is 0 Å². The summed E-state index contributed by atoms with van der Waals surface area (Å²) in [6, 6.07) is 111. The van der Waals surface area contributed by atoms with Gasteiger partial charge >= 0.3 is 0 Å². The van der Waals surface area contributed by atoms with Crippen molar-refractivity contribution >= 4 is 57.2 Å². The summed E-state index contributed by atoms with van der Waals surface area (Å²) < 4.78 is 0. The lowest BCUT2D eigenvalue weighted by molar-refractivity contribution is 0.768. The van der Waals surface area contributed by atoms with Crippen LogP contribution in [-0.4, -0.2) is 6.71 Å². The van der Waals surface area contributed by atoms with Gasteiger partial charge in [-0.25, -0.2) is 0 Å². The zero-order chi connectivity index (χ0) is 50.2. The first-order chi connectivity index (χ1) is 37.7. The van der Waals surface area contributed by atoms with Crippen molar-refractivity contribution in [3.05, 3.63) is 320 Å². The van der Waals surface area contributed by atoms with Gasteiger partial charge < -0.3 is 9.80 Å². The molecule has 76 heavy (non-hydrogen) atoms. The van der Waals surface area contributed by atoms with Crippen molar-refractivity contribution in [3.63, 3.8) is 0 Å². The van der Waals surface area contributed by atoms with Gasteiger partial charge in [-0.15, -0.1) is 0 Å². The molecule has 0 N–H and O–H groups in total. The normalized spacial score (nSPS) is 13.3. The van der Waals surface area contributed by atoms with Crippen LogP contribution in [0.25, 0.3) is 55.6 Å². The summed E-state index contributed by atoms with van der Waals surface area (Å²) in [6.07, 6.45) is 0. The minimum Gasteiger partial charge on any atom is -0.311 e. The Bertz CT molecular complexity index is 3810. The molecule has 0 atom stereocenters. The van der Waals surface area contributed by atoms with E-state index in [4.69, 9.17) is 0 Å². The molecule has 12 aromatic carbocycles. The summed E-state index contributed by atoms with van der Waals surface area (Å²) >= 11 is 0. The van der Waals surface area contributed by atoms with Crippen LogP contribution >= 0.6 is 0 Å². The maximum atomic E-state index is 2.60. The van der Waals surface area contributed by atoms with E-state index in [1.54, 1.807) is 0 Å². The first kappa shape index (κ1) is 43.8. The summed E-state index contributed by atoms with van der Waals surface area (Å²) in [5.41, 5.74) is 27.0. The molecule has 0 saturated heterocycles. The van der Waals surface area contributed by atoms with E-state index < -0.39 is 5.41 Å². The Morgan fingerprint density at radius 1 is 0.250 bits per heavy atom. The largest absolute Gasteiger partial charge is 0.311 e. The lowest BCUT2D eigenvalue weighted by Gasteiger charge is -2.46. The first-order valence-corrected chi connectivity index (χ1v) is 26.4. The molecule has 0 radical (unpaired) electrons. The third-order valence-electron chi connectivity index (χ3n) is 16.3. The summed E-state index contributed by atoms with van der Waals surface area (Å²) in [5.74, 6) is 0. The highest BCUT2D eigenvalue weighted by atomic mass is 15.2. The molecule has 0 aromatic heterocycles. The Hall–Kier alpha value is -9.70. The van der Waals surface area contributed by atoms with Crippen molar-refractivity contribution in [2.24, 2.45) is 0 Å². The van der Waals surface area contributed by atoms with Crippen molar-refractivity contribution in [2.75, 3.05) is 9.80 Å². The summed E-state index contributed by atoms with van der Waals surface area (Å²) in [7, 11) is 0. The average Bonchev–Trinajstić information content (AvgIpc) is 3.92. The van der Waals surface area contributed by atoms with Crippen LogP contribution in [0, 0.1) is 0 Å². The molecule has 354 valence electrons. The van der Waals surface area contributed by atoms with Gasteiger partial charge in [0, 0.05) is 34.1 Å². The molecule has 1 aliphatic carbocycles. The van der Waals surface area contributed by atoms with Gasteiger partial charge in [-0.1, -0.05) is 237 Å². The number of para-hydroxylation sites is 2. The van der Waals surface area contributed by atoms with Crippen molar-refractivity contribution in [1.29, 1.82) is 0 Å². The zero-order valence-corrected chi connectivity index (χ0v) is 41.8. The zero-order valence-electron chi connectivity index (χ0n) is 41.8. The van der Waals surface area contributed by atoms with Crippen LogP contribution in [0.1, 0.15) is 22.3 Å². The maximum absolute atomic E-state index is 2.60. The van der Waals surface area contributed by atoms with Crippen LogP contribution < -0.4 is 26.2 Å². The van der Waals surface area contributed by atoms with E-state index in [9.17, 15) is 0 Å². The molecular formula is C73H49BN2. The molecule has 0 bridgehead atoms. The molecular weight excluding hydrogens is 916 g/mol. The molecule has 2 aliphatic heterocycles. The second kappa shape index (κ2) is 17.8. The van der Waals surface area contributed by atoms with Crippen LogP contribution in [0.5, 0.6) is 0 Å². The van der Waals surface area contributed by atoms with Gasteiger partial charge in [0.25, 0.3) is 6.71 Å². The molecule has 0 saturated carbocycles. The van der Waals surface area contributed by atoms with Crippen molar-refractivity contribution in [1.82, 2.24) is 0 Å². The Labute approximate surface area is 445 Å². The highest BCUT2D eigenvalue weighted by Gasteiger charge is 2.49. The maximum Gasteiger partial charge on any atom is 0.252 e. The van der Waals surface area contributed by atoms with E-state index in [0.29, 0.717) is 0 Å². The predicted molar refractivity (Wildman–Crippen MR) is 320 cm³/mol. The number of nitrogens with zero attached hydrogens (tertiary/aromatic N) is 2. The second-order valence-corrected chi connectivity index (χ2v) is 20.4. The van der Waals surface area contributed by atoms with Crippen molar-refractivity contribution in [2.45, 2.75) is 5.41 Å². The fraction of sp³-hybridized carbons (Fsp3) is 0.0137. The van der Waals surface area contributed by atoms with Gasteiger partial charge in [-0.3, -0.25) is 0 Å². The van der Waals surface area contributed by atoms with E-state index in [1.807, 2.05) is 0 Å². The summed E-state index contributed by atoms with van der Waals surface area (Å²) in [5, 5.41) is 0. The fourth-order valence-corrected chi connectivity index (χ4v) is 13.1. The van der Waals surface area contributed by atoms with E-state index in [1.165, 1.54) is 117 Å². The molecule has 3 heteroatoms. The van der Waals surface area contributed by atoms with Gasteiger partial charge in [0.15, 0.2) is 0 Å². The Morgan fingerprint density at radius 2 is 0.579 bits per heavy atom. The number of hydrogen-bond acceptors (Lipinski definition) is 2. The quantitative estimate of drug-likeness (QED) is 0.140. The number of hydrogen-bond donors (Lipinski definition) is 0. The lowest BCUT2D eigenvalue weighted by Crippen LogP contribution is -2.61. The monoisotopic (exact) mass is 964 g/mol. The molecule has 12 aromatic rings. The topological polar surface area (TPSA) is 6.48 Å². The van der Waals surface area contributed by atoms with E-state index in [2.05, 4.69) is 307 Å². The molecule has 0 amide bonds. The molecule has 2 nitrogen and oxygen atoms in total. The minimum atomic E-state index is -0.678. The molecule has 3 aliphatic rings. The highest BCUT2D eigenvalue weighted by molar-refractivity contribution is 7.00. The Kier molecular flexibility index (Phi) is 10.2. The SMILES string of the molecule is c1ccc(-c2cc(-c3ccccc3)cc(N3c4ccccc4B4c5ccccc5N(c5cc(-c6ccccc6)cc(-c6ccccc6)c5)c5cc(C6(c7ccccc7)c7ccccc7-c7ccccc76)cc3c54)c2)cc1. The fourth-order valence-electron chi connectivity index (χ4n) is 13.1. The lowest BCUT2D eigenvalue weighted by atomic mass is 9.33. The smallest absolute Gasteiger partial charge is 0.252 e. The Balaban J connectivity index is 1.10. The molecule has 0 fully saturated rings. The van der Waals surface area contributed by atoms with Gasteiger partial charge in [0.05, 0.1) is 5.41 Å². The van der Waals surface area contributed by atoms with Crippen LogP contribution in [0.3, 0.4) is 0 Å². The summed E-state index contributed by atoms with van der Waals surface area (Å²) in [4.78, 5) is 5.20. The predicted octanol–water partition coefficient (Wildman–Crippen LogP) is 16.8. The molecule has 0 unspecified atom stereocenters. The average molecular weight is 965 g/mol. The van der Waals surface area contributed by atoms with Crippen molar-refractivity contribution in [3.8, 4) is 55.6 Å². The minimum absolute atomic E-state index is 0.0634. The van der Waals surface area contributed by atoms with E-state index in [0.717, 1.165) is 11.4 Å². The Morgan fingerprint density at radius 3 is 0.974 bits per heavy atom. The van der Waals surface area contributed by atoms with Gasteiger partial charge in [-0.2, -0.15) is 0 Å². The number of fused-ring (bicyclic) bond motifs is 7. The molecule has 2 heterocycles. The van der Waals surface area contributed by atoms with Crippen molar-refractivity contribution < 1.29 is 0 Å². The van der Waals surface area contributed by atoms with E-state index in [-0.39, 0.29) is 6.71 Å². The second-order valence-electron chi connectivity index (χ2n) is 20.4. The van der Waals surface area contributed by atoms with Crippen LogP contribution in [-0.2, 0) is 5.41 Å². The third kappa shape index (κ3) is 6.83. The van der Waals surface area contributed by atoms with Gasteiger partial charge in [0.2, 0.25) is 0 Å². The van der Waals surface area contributed by atoms with Gasteiger partial charge in [-0.05, 0) is 155 Å². The number of benzene rings is 12. The van der Waals surface area contributed by atoms with Crippen LogP contribution in [0.4, 0.5) is 34.1 Å².